The maximum Gasteiger partial charge on any atom is 0.0406 e. The topological polar surface area (TPSA) is 12.0 Å². The zero-order valence-corrected chi connectivity index (χ0v) is 12.0. The van der Waals surface area contributed by atoms with Crippen LogP contribution in [0.3, 0.4) is 0 Å². The lowest BCUT2D eigenvalue weighted by Gasteiger charge is -2.32. The highest BCUT2D eigenvalue weighted by Gasteiger charge is 2.23. The van der Waals surface area contributed by atoms with Crippen molar-refractivity contribution >= 4 is 23.4 Å². The van der Waals surface area contributed by atoms with Crippen LogP contribution in [0, 0.1) is 0 Å². The second-order valence-electron chi connectivity index (χ2n) is 4.76. The van der Waals surface area contributed by atoms with Crippen molar-refractivity contribution < 1.29 is 0 Å². The lowest BCUT2D eigenvalue weighted by Crippen LogP contribution is -2.40. The Morgan fingerprint density at radius 2 is 2.06 bits per heavy atom. The largest absolute Gasteiger partial charge is 0.306 e. The summed E-state index contributed by atoms with van der Waals surface area (Å²) in [4.78, 5) is 0. The molecule has 2 unspecified atom stereocenters. The standard InChI is InChI=1S/C14H20ClNS/c1-10(12-5-7-13(15)8-6-12)16-14-4-3-9-17-11(14)2/h5-8,10-11,14,16H,3-4,9H2,1-2H3/t10-,11?,14?/m1/s1. The summed E-state index contributed by atoms with van der Waals surface area (Å²) >= 11 is 7.99. The molecule has 0 radical (unpaired) electrons. The molecular weight excluding hydrogens is 250 g/mol. The summed E-state index contributed by atoms with van der Waals surface area (Å²) in [5.74, 6) is 1.31. The van der Waals surface area contributed by atoms with Gasteiger partial charge in [0.05, 0.1) is 0 Å². The minimum absolute atomic E-state index is 0.401. The summed E-state index contributed by atoms with van der Waals surface area (Å²) in [6, 6.07) is 9.20. The normalized spacial score (nSPS) is 26.8. The fourth-order valence-corrected chi connectivity index (χ4v) is 3.59. The van der Waals surface area contributed by atoms with Crippen LogP contribution in [0.1, 0.15) is 38.3 Å². The highest BCUT2D eigenvalue weighted by atomic mass is 35.5. The van der Waals surface area contributed by atoms with Crippen LogP contribution in [0.15, 0.2) is 24.3 Å². The van der Waals surface area contributed by atoms with E-state index in [1.54, 1.807) is 0 Å². The highest BCUT2D eigenvalue weighted by molar-refractivity contribution is 7.99. The van der Waals surface area contributed by atoms with E-state index >= 15 is 0 Å². The molecular formula is C14H20ClNS. The maximum atomic E-state index is 5.91. The van der Waals surface area contributed by atoms with Gasteiger partial charge in [0.25, 0.3) is 0 Å². The lowest BCUT2D eigenvalue weighted by atomic mass is 10.0. The molecule has 1 nitrogen and oxygen atoms in total. The molecule has 1 aromatic carbocycles. The van der Waals surface area contributed by atoms with E-state index in [1.807, 2.05) is 12.1 Å². The van der Waals surface area contributed by atoms with Crippen molar-refractivity contribution in [2.45, 2.75) is 44.0 Å². The van der Waals surface area contributed by atoms with E-state index in [9.17, 15) is 0 Å². The molecule has 1 fully saturated rings. The molecule has 0 saturated carbocycles. The van der Waals surface area contributed by atoms with Gasteiger partial charge in [-0.3, -0.25) is 0 Å². The second kappa shape index (κ2) is 6.12. The number of rotatable bonds is 3. The van der Waals surface area contributed by atoms with Crippen molar-refractivity contribution in [3.63, 3.8) is 0 Å². The van der Waals surface area contributed by atoms with Crippen LogP contribution >= 0.6 is 23.4 Å². The molecule has 0 aromatic heterocycles. The molecule has 1 aromatic rings. The summed E-state index contributed by atoms with van der Waals surface area (Å²) < 4.78 is 0. The van der Waals surface area contributed by atoms with E-state index in [0.29, 0.717) is 12.1 Å². The van der Waals surface area contributed by atoms with Gasteiger partial charge in [-0.1, -0.05) is 30.7 Å². The Hall–Kier alpha value is -0.180. The zero-order chi connectivity index (χ0) is 12.3. The number of hydrogen-bond donors (Lipinski definition) is 1. The number of halogens is 1. The summed E-state index contributed by atoms with van der Waals surface area (Å²) in [6.45, 7) is 4.56. The first-order valence-corrected chi connectivity index (χ1v) is 7.72. The van der Waals surface area contributed by atoms with E-state index in [4.69, 9.17) is 11.6 Å². The molecule has 1 aliphatic heterocycles. The molecule has 1 N–H and O–H groups in total. The van der Waals surface area contributed by atoms with Gasteiger partial charge >= 0.3 is 0 Å². The zero-order valence-electron chi connectivity index (χ0n) is 10.4. The minimum atomic E-state index is 0.401. The van der Waals surface area contributed by atoms with Gasteiger partial charge in [-0.15, -0.1) is 0 Å². The number of hydrogen-bond acceptors (Lipinski definition) is 2. The molecule has 0 spiro atoms. The quantitative estimate of drug-likeness (QED) is 0.879. The van der Waals surface area contributed by atoms with Gasteiger partial charge in [0.1, 0.15) is 0 Å². The number of thioether (sulfide) groups is 1. The first-order chi connectivity index (χ1) is 8.16. The van der Waals surface area contributed by atoms with Crippen LogP contribution < -0.4 is 5.32 Å². The van der Waals surface area contributed by atoms with Gasteiger partial charge in [0.2, 0.25) is 0 Å². The van der Waals surface area contributed by atoms with Crippen molar-refractivity contribution in [2.24, 2.45) is 0 Å². The van der Waals surface area contributed by atoms with Gasteiger partial charge in [0, 0.05) is 22.4 Å². The van der Waals surface area contributed by atoms with Gasteiger partial charge in [-0.2, -0.15) is 11.8 Å². The smallest absolute Gasteiger partial charge is 0.0406 e. The average molecular weight is 270 g/mol. The lowest BCUT2D eigenvalue weighted by molar-refractivity contribution is 0.417. The average Bonchev–Trinajstić information content (AvgIpc) is 2.33. The monoisotopic (exact) mass is 269 g/mol. The molecule has 1 heterocycles. The molecule has 3 heteroatoms. The first kappa shape index (κ1) is 13.3. The van der Waals surface area contributed by atoms with Crippen LogP contribution in [0.2, 0.25) is 5.02 Å². The van der Waals surface area contributed by atoms with Crippen molar-refractivity contribution in [1.29, 1.82) is 0 Å². The highest BCUT2D eigenvalue weighted by Crippen LogP contribution is 2.27. The third-order valence-electron chi connectivity index (χ3n) is 3.44. The van der Waals surface area contributed by atoms with Crippen LogP contribution in [-0.4, -0.2) is 17.0 Å². The van der Waals surface area contributed by atoms with E-state index < -0.39 is 0 Å². The van der Waals surface area contributed by atoms with Crippen LogP contribution in [0.25, 0.3) is 0 Å². The summed E-state index contributed by atoms with van der Waals surface area (Å²) in [5.41, 5.74) is 1.32. The Morgan fingerprint density at radius 1 is 1.35 bits per heavy atom. The number of benzene rings is 1. The predicted molar refractivity (Wildman–Crippen MR) is 77.9 cm³/mol. The third kappa shape index (κ3) is 3.64. The van der Waals surface area contributed by atoms with Crippen molar-refractivity contribution in [3.8, 4) is 0 Å². The Balaban J connectivity index is 1.95. The summed E-state index contributed by atoms with van der Waals surface area (Å²) in [7, 11) is 0. The van der Waals surface area contributed by atoms with E-state index in [1.165, 1.54) is 24.2 Å². The van der Waals surface area contributed by atoms with Crippen LogP contribution in [0.4, 0.5) is 0 Å². The summed E-state index contributed by atoms with van der Waals surface area (Å²) in [5, 5.41) is 5.27. The molecule has 1 aliphatic rings. The van der Waals surface area contributed by atoms with Crippen LogP contribution in [0.5, 0.6) is 0 Å². The second-order valence-corrected chi connectivity index (χ2v) is 6.69. The van der Waals surface area contributed by atoms with Gasteiger partial charge in [-0.25, -0.2) is 0 Å². The van der Waals surface area contributed by atoms with Crippen molar-refractivity contribution in [3.05, 3.63) is 34.9 Å². The SMILES string of the molecule is CC1SCCCC1N[C@H](C)c1ccc(Cl)cc1. The first-order valence-electron chi connectivity index (χ1n) is 6.30. The molecule has 0 amide bonds. The Labute approximate surface area is 113 Å². The fraction of sp³-hybridized carbons (Fsp3) is 0.571. The predicted octanol–water partition coefficient (Wildman–Crippen LogP) is 4.27. The minimum Gasteiger partial charge on any atom is -0.306 e. The van der Waals surface area contributed by atoms with E-state index in [-0.39, 0.29) is 0 Å². The molecule has 17 heavy (non-hydrogen) atoms. The van der Waals surface area contributed by atoms with Gasteiger partial charge in [-0.05, 0) is 43.2 Å². The molecule has 0 aliphatic carbocycles. The van der Waals surface area contributed by atoms with Crippen molar-refractivity contribution in [1.82, 2.24) is 5.32 Å². The van der Waals surface area contributed by atoms with Gasteiger partial charge in [0.15, 0.2) is 0 Å². The van der Waals surface area contributed by atoms with Crippen molar-refractivity contribution in [2.75, 3.05) is 5.75 Å². The molecule has 2 rings (SSSR count). The Kier molecular flexibility index (Phi) is 4.78. The van der Waals surface area contributed by atoms with E-state index in [2.05, 4.69) is 43.1 Å². The molecule has 3 atom stereocenters. The van der Waals surface area contributed by atoms with Crippen LogP contribution in [-0.2, 0) is 0 Å². The Bertz CT molecular complexity index is 352. The van der Waals surface area contributed by atoms with E-state index in [0.717, 1.165) is 10.3 Å². The molecule has 1 saturated heterocycles. The number of nitrogens with one attached hydrogen (secondary N) is 1. The molecule has 94 valence electrons. The van der Waals surface area contributed by atoms with Gasteiger partial charge < -0.3 is 5.32 Å². The molecule has 0 bridgehead atoms. The fourth-order valence-electron chi connectivity index (χ4n) is 2.31. The maximum absolute atomic E-state index is 5.91. The Morgan fingerprint density at radius 3 is 2.71 bits per heavy atom. The third-order valence-corrected chi connectivity index (χ3v) is 5.07. The summed E-state index contributed by atoms with van der Waals surface area (Å²) in [6.07, 6.45) is 2.63.